The molecule has 0 spiro atoms. The van der Waals surface area contributed by atoms with Gasteiger partial charge in [0.15, 0.2) is 0 Å². The van der Waals surface area contributed by atoms with Gasteiger partial charge < -0.3 is 15.4 Å². The molecule has 0 saturated carbocycles. The Hall–Kier alpha value is -0.770. The number of anilines is 1. The predicted molar refractivity (Wildman–Crippen MR) is 76.2 cm³/mol. The third kappa shape index (κ3) is 3.37. The second-order valence-corrected chi connectivity index (χ2v) is 5.28. The molecule has 0 aliphatic carbocycles. The van der Waals surface area contributed by atoms with Crippen molar-refractivity contribution in [3.8, 4) is 0 Å². The second-order valence-electron chi connectivity index (χ2n) is 4.85. The first-order chi connectivity index (χ1) is 8.70. The molecule has 0 aromatic heterocycles. The molecule has 0 bridgehead atoms. The Morgan fingerprint density at radius 2 is 2.28 bits per heavy atom. The molecule has 1 fully saturated rings. The fraction of sp³-hybridized carbons (Fsp3) is 0.571. The van der Waals surface area contributed by atoms with Gasteiger partial charge in [-0.1, -0.05) is 17.7 Å². The molecule has 18 heavy (non-hydrogen) atoms. The van der Waals surface area contributed by atoms with Crippen molar-refractivity contribution in [1.82, 2.24) is 0 Å². The van der Waals surface area contributed by atoms with Crippen LogP contribution in [0.5, 0.6) is 0 Å². The van der Waals surface area contributed by atoms with E-state index in [1.54, 1.807) is 0 Å². The first kappa shape index (κ1) is 13.7. The Labute approximate surface area is 114 Å². The summed E-state index contributed by atoms with van der Waals surface area (Å²) in [6.07, 6.45) is 3.92. The summed E-state index contributed by atoms with van der Waals surface area (Å²) in [5.74, 6) is 0. The molecule has 1 aliphatic heterocycles. The van der Waals surface area contributed by atoms with E-state index < -0.39 is 0 Å². The van der Waals surface area contributed by atoms with Gasteiger partial charge in [-0.15, -0.1) is 0 Å². The van der Waals surface area contributed by atoms with Gasteiger partial charge in [-0.25, -0.2) is 0 Å². The first-order valence-electron chi connectivity index (χ1n) is 6.52. The fourth-order valence-electron chi connectivity index (χ4n) is 2.42. The molecular weight excluding hydrogens is 248 g/mol. The molecule has 1 saturated heterocycles. The molecule has 1 unspecified atom stereocenters. The number of benzene rings is 1. The minimum absolute atomic E-state index is 0.327. The third-order valence-electron chi connectivity index (χ3n) is 3.43. The number of likely N-dealkylation sites (N-methyl/N-ethyl adjacent to an activating group) is 1. The van der Waals surface area contributed by atoms with E-state index in [1.807, 2.05) is 18.2 Å². The van der Waals surface area contributed by atoms with Gasteiger partial charge >= 0.3 is 0 Å². The van der Waals surface area contributed by atoms with E-state index in [4.69, 9.17) is 22.1 Å². The fourth-order valence-corrected chi connectivity index (χ4v) is 2.59. The third-order valence-corrected chi connectivity index (χ3v) is 3.67. The van der Waals surface area contributed by atoms with E-state index in [2.05, 4.69) is 11.9 Å². The normalized spacial score (nSPS) is 19.8. The molecule has 0 amide bonds. The van der Waals surface area contributed by atoms with Crippen LogP contribution in [0.4, 0.5) is 5.69 Å². The van der Waals surface area contributed by atoms with E-state index in [9.17, 15) is 0 Å². The van der Waals surface area contributed by atoms with Crippen molar-refractivity contribution in [3.05, 3.63) is 28.8 Å². The zero-order chi connectivity index (χ0) is 13.0. The lowest BCUT2D eigenvalue weighted by molar-refractivity contribution is 0.0216. The minimum atomic E-state index is 0.327. The zero-order valence-corrected chi connectivity index (χ0v) is 11.6. The van der Waals surface area contributed by atoms with Crippen molar-refractivity contribution in [3.63, 3.8) is 0 Å². The van der Waals surface area contributed by atoms with Gasteiger partial charge in [0, 0.05) is 37.5 Å². The van der Waals surface area contributed by atoms with Gasteiger partial charge in [0.2, 0.25) is 0 Å². The van der Waals surface area contributed by atoms with Gasteiger partial charge in [0.05, 0.1) is 6.10 Å². The number of rotatable bonds is 4. The van der Waals surface area contributed by atoms with Gasteiger partial charge in [-0.05, 0) is 37.0 Å². The largest absolute Gasteiger partial charge is 0.376 e. The van der Waals surface area contributed by atoms with Crippen molar-refractivity contribution in [2.75, 3.05) is 25.1 Å². The van der Waals surface area contributed by atoms with Crippen LogP contribution >= 0.6 is 11.6 Å². The average Bonchev–Trinajstić information content (AvgIpc) is 2.40. The van der Waals surface area contributed by atoms with Gasteiger partial charge in [-0.3, -0.25) is 0 Å². The van der Waals surface area contributed by atoms with E-state index in [1.165, 1.54) is 12.8 Å². The van der Waals surface area contributed by atoms with Crippen LogP contribution < -0.4 is 10.6 Å². The number of hydrogen-bond acceptors (Lipinski definition) is 3. The maximum Gasteiger partial charge on any atom is 0.0749 e. The standard InChI is InChI=1S/C14H21ClN2O/c1-17(10-13-4-2-3-7-18-13)14-8-12(15)6-5-11(14)9-16/h5-6,8,13H,2-4,7,9-10,16H2,1H3. The molecule has 2 N–H and O–H groups in total. The van der Waals surface area contributed by atoms with Crippen molar-refractivity contribution >= 4 is 17.3 Å². The van der Waals surface area contributed by atoms with Crippen LogP contribution in [0, 0.1) is 0 Å². The Bertz CT molecular complexity index is 391. The average molecular weight is 269 g/mol. The predicted octanol–water partition coefficient (Wildman–Crippen LogP) is 2.80. The summed E-state index contributed by atoms with van der Waals surface area (Å²) in [4.78, 5) is 2.20. The lowest BCUT2D eigenvalue weighted by Gasteiger charge is -2.29. The molecular formula is C14H21ClN2O. The van der Waals surface area contributed by atoms with Crippen LogP contribution in [0.25, 0.3) is 0 Å². The molecule has 100 valence electrons. The monoisotopic (exact) mass is 268 g/mol. The van der Waals surface area contributed by atoms with Crippen molar-refractivity contribution in [1.29, 1.82) is 0 Å². The molecule has 1 aromatic carbocycles. The summed E-state index contributed by atoms with van der Waals surface area (Å²) < 4.78 is 5.77. The van der Waals surface area contributed by atoms with Gasteiger partial charge in [-0.2, -0.15) is 0 Å². The number of nitrogens with two attached hydrogens (primary N) is 1. The smallest absolute Gasteiger partial charge is 0.0749 e. The van der Waals surface area contributed by atoms with Crippen LogP contribution in [0.2, 0.25) is 5.02 Å². The summed E-state index contributed by atoms with van der Waals surface area (Å²) in [7, 11) is 2.07. The number of hydrogen-bond donors (Lipinski definition) is 1. The second kappa shape index (κ2) is 6.41. The topological polar surface area (TPSA) is 38.5 Å². The Morgan fingerprint density at radius 1 is 1.44 bits per heavy atom. The highest BCUT2D eigenvalue weighted by molar-refractivity contribution is 6.30. The Kier molecular flexibility index (Phi) is 4.87. The van der Waals surface area contributed by atoms with Crippen molar-refractivity contribution in [2.24, 2.45) is 5.73 Å². The highest BCUT2D eigenvalue weighted by Crippen LogP contribution is 2.25. The molecule has 1 aromatic rings. The lowest BCUT2D eigenvalue weighted by atomic mass is 10.1. The number of ether oxygens (including phenoxy) is 1. The zero-order valence-electron chi connectivity index (χ0n) is 10.9. The van der Waals surface area contributed by atoms with Crippen LogP contribution in [0.3, 0.4) is 0 Å². The minimum Gasteiger partial charge on any atom is -0.376 e. The van der Waals surface area contributed by atoms with Gasteiger partial charge in [0.1, 0.15) is 0 Å². The van der Waals surface area contributed by atoms with Crippen LogP contribution in [0.1, 0.15) is 24.8 Å². The van der Waals surface area contributed by atoms with Crippen LogP contribution in [-0.2, 0) is 11.3 Å². The highest BCUT2D eigenvalue weighted by atomic mass is 35.5. The van der Waals surface area contributed by atoms with E-state index >= 15 is 0 Å². The summed E-state index contributed by atoms with van der Waals surface area (Å²) in [5.41, 5.74) is 8.00. The molecule has 3 nitrogen and oxygen atoms in total. The van der Waals surface area contributed by atoms with Crippen LogP contribution in [0.15, 0.2) is 18.2 Å². The maximum absolute atomic E-state index is 6.06. The number of halogens is 1. The molecule has 1 atom stereocenters. The number of nitrogens with zero attached hydrogens (tertiary/aromatic N) is 1. The molecule has 2 rings (SSSR count). The quantitative estimate of drug-likeness (QED) is 0.913. The summed E-state index contributed by atoms with van der Waals surface area (Å²) >= 11 is 6.06. The maximum atomic E-state index is 6.06. The summed E-state index contributed by atoms with van der Waals surface area (Å²) in [6.45, 7) is 2.31. The molecule has 1 heterocycles. The lowest BCUT2D eigenvalue weighted by Crippen LogP contribution is -2.33. The highest BCUT2D eigenvalue weighted by Gasteiger charge is 2.17. The van der Waals surface area contributed by atoms with Crippen LogP contribution in [-0.4, -0.2) is 26.3 Å². The first-order valence-corrected chi connectivity index (χ1v) is 6.89. The summed E-state index contributed by atoms with van der Waals surface area (Å²) in [6, 6.07) is 5.86. The Balaban J connectivity index is 2.07. The molecule has 1 aliphatic rings. The van der Waals surface area contributed by atoms with E-state index in [0.29, 0.717) is 12.6 Å². The molecule has 4 heteroatoms. The Morgan fingerprint density at radius 3 is 2.94 bits per heavy atom. The van der Waals surface area contributed by atoms with Crippen molar-refractivity contribution < 1.29 is 4.74 Å². The van der Waals surface area contributed by atoms with Crippen molar-refractivity contribution in [2.45, 2.75) is 31.9 Å². The molecule has 0 radical (unpaired) electrons. The SMILES string of the molecule is CN(CC1CCCCO1)c1cc(Cl)ccc1CN. The van der Waals surface area contributed by atoms with E-state index in [-0.39, 0.29) is 0 Å². The summed E-state index contributed by atoms with van der Waals surface area (Å²) in [5, 5.41) is 0.749. The van der Waals surface area contributed by atoms with Gasteiger partial charge in [0.25, 0.3) is 0 Å². The van der Waals surface area contributed by atoms with E-state index in [0.717, 1.165) is 35.8 Å².